The van der Waals surface area contributed by atoms with Gasteiger partial charge in [-0.1, -0.05) is 0 Å². The Morgan fingerprint density at radius 1 is 0.818 bits per heavy atom. The average molecular weight is 166 g/mol. The lowest BCUT2D eigenvalue weighted by Crippen LogP contribution is -2.06. The summed E-state index contributed by atoms with van der Waals surface area (Å²) < 4.78 is 14.6. The van der Waals surface area contributed by atoms with Crippen LogP contribution in [0.5, 0.6) is 0 Å². The lowest BCUT2D eigenvalue weighted by atomic mass is 10.7. The maximum Gasteiger partial charge on any atom is 0.0701 e. The van der Waals surface area contributed by atoms with Crippen molar-refractivity contribution >= 4 is 0 Å². The lowest BCUT2D eigenvalue weighted by Gasteiger charge is -2.00. The Morgan fingerprint density at radius 2 is 1.18 bits per heavy atom. The van der Waals surface area contributed by atoms with E-state index in [-0.39, 0.29) is 0 Å². The van der Waals surface area contributed by atoms with Gasteiger partial charge in [0, 0.05) is 21.3 Å². The van der Waals surface area contributed by atoms with Gasteiger partial charge in [0.2, 0.25) is 0 Å². The standard InChI is InChI=1S/C6H14O3.CH4O/c1-7-3-5-9-6-4-8-2;1-2/h3-6H2,1-2H3;2H,1H3. The van der Waals surface area contributed by atoms with Crippen LogP contribution in [0.1, 0.15) is 0 Å². The molecule has 0 aromatic heterocycles. The van der Waals surface area contributed by atoms with E-state index in [2.05, 4.69) is 0 Å². The molecule has 0 aromatic carbocycles. The van der Waals surface area contributed by atoms with Crippen molar-refractivity contribution in [2.75, 3.05) is 47.8 Å². The zero-order valence-corrected chi connectivity index (χ0v) is 7.50. The van der Waals surface area contributed by atoms with Crippen LogP contribution < -0.4 is 0 Å². The van der Waals surface area contributed by atoms with Crippen molar-refractivity contribution < 1.29 is 19.3 Å². The molecule has 70 valence electrons. The van der Waals surface area contributed by atoms with Gasteiger partial charge in [0.1, 0.15) is 0 Å². The molecule has 0 saturated heterocycles. The second-order valence-corrected chi connectivity index (χ2v) is 1.60. The third-order valence-electron chi connectivity index (χ3n) is 0.864. The molecule has 0 aliphatic heterocycles. The molecule has 0 fully saturated rings. The van der Waals surface area contributed by atoms with E-state index < -0.39 is 0 Å². The van der Waals surface area contributed by atoms with Crippen LogP contribution in [0.25, 0.3) is 0 Å². The van der Waals surface area contributed by atoms with Gasteiger partial charge >= 0.3 is 0 Å². The van der Waals surface area contributed by atoms with Crippen molar-refractivity contribution in [1.29, 1.82) is 0 Å². The van der Waals surface area contributed by atoms with Crippen LogP contribution in [0.4, 0.5) is 0 Å². The first-order valence-electron chi connectivity index (χ1n) is 3.42. The summed E-state index contributed by atoms with van der Waals surface area (Å²) in [5, 5.41) is 7.00. The minimum Gasteiger partial charge on any atom is -0.400 e. The SMILES string of the molecule is CO.COCCOCCOC. The molecule has 0 aromatic rings. The van der Waals surface area contributed by atoms with Gasteiger partial charge in [-0.2, -0.15) is 0 Å². The molecule has 0 saturated carbocycles. The van der Waals surface area contributed by atoms with E-state index in [1.165, 1.54) is 0 Å². The monoisotopic (exact) mass is 166 g/mol. The summed E-state index contributed by atoms with van der Waals surface area (Å²) in [4.78, 5) is 0. The number of aliphatic hydroxyl groups is 1. The molecule has 0 bridgehead atoms. The number of aliphatic hydroxyl groups excluding tert-OH is 1. The van der Waals surface area contributed by atoms with Crippen LogP contribution in [0, 0.1) is 0 Å². The molecule has 0 rings (SSSR count). The van der Waals surface area contributed by atoms with Gasteiger partial charge in [0.15, 0.2) is 0 Å². The first-order chi connectivity index (χ1) is 5.41. The van der Waals surface area contributed by atoms with E-state index >= 15 is 0 Å². The molecule has 0 heterocycles. The summed E-state index contributed by atoms with van der Waals surface area (Å²) in [7, 11) is 4.30. The van der Waals surface area contributed by atoms with Crippen molar-refractivity contribution in [2.45, 2.75) is 0 Å². The fraction of sp³-hybridized carbons (Fsp3) is 1.00. The average Bonchev–Trinajstić information content (AvgIpc) is 2.08. The quantitative estimate of drug-likeness (QED) is 0.560. The van der Waals surface area contributed by atoms with E-state index in [0.29, 0.717) is 26.4 Å². The van der Waals surface area contributed by atoms with Gasteiger partial charge in [-0.05, 0) is 0 Å². The molecule has 4 heteroatoms. The van der Waals surface area contributed by atoms with Gasteiger partial charge < -0.3 is 19.3 Å². The third-order valence-corrected chi connectivity index (χ3v) is 0.864. The molecule has 11 heavy (non-hydrogen) atoms. The van der Waals surface area contributed by atoms with E-state index in [0.717, 1.165) is 7.11 Å². The topological polar surface area (TPSA) is 47.9 Å². The summed E-state index contributed by atoms with van der Waals surface area (Å²) in [6, 6.07) is 0. The van der Waals surface area contributed by atoms with Crippen LogP contribution in [-0.4, -0.2) is 52.9 Å². The summed E-state index contributed by atoms with van der Waals surface area (Å²) in [5.41, 5.74) is 0. The van der Waals surface area contributed by atoms with Crippen LogP contribution in [0.2, 0.25) is 0 Å². The van der Waals surface area contributed by atoms with Crippen LogP contribution >= 0.6 is 0 Å². The molecule has 0 amide bonds. The van der Waals surface area contributed by atoms with Crippen molar-refractivity contribution in [3.8, 4) is 0 Å². The second-order valence-electron chi connectivity index (χ2n) is 1.60. The minimum absolute atomic E-state index is 0.653. The minimum atomic E-state index is 0.653. The maximum atomic E-state index is 7.00. The molecule has 0 aliphatic rings. The normalized spacial score (nSPS) is 8.73. The molecular formula is C7H18O4. The van der Waals surface area contributed by atoms with Crippen LogP contribution in [0.15, 0.2) is 0 Å². The lowest BCUT2D eigenvalue weighted by molar-refractivity contribution is 0.0385. The highest BCUT2D eigenvalue weighted by Gasteiger charge is 1.84. The molecule has 4 nitrogen and oxygen atoms in total. The highest BCUT2D eigenvalue weighted by atomic mass is 16.5. The van der Waals surface area contributed by atoms with Crippen molar-refractivity contribution in [3.63, 3.8) is 0 Å². The van der Waals surface area contributed by atoms with Gasteiger partial charge in [0.05, 0.1) is 26.4 Å². The Morgan fingerprint density at radius 3 is 1.45 bits per heavy atom. The molecule has 0 radical (unpaired) electrons. The Labute approximate surface area is 68.1 Å². The number of ether oxygens (including phenoxy) is 3. The third kappa shape index (κ3) is 17.7. The predicted molar refractivity (Wildman–Crippen MR) is 42.7 cm³/mol. The number of hydrogen-bond acceptors (Lipinski definition) is 4. The fourth-order valence-electron chi connectivity index (χ4n) is 0.387. The molecule has 0 unspecified atom stereocenters. The largest absolute Gasteiger partial charge is 0.400 e. The molecule has 0 atom stereocenters. The van der Waals surface area contributed by atoms with Gasteiger partial charge in [0.25, 0.3) is 0 Å². The van der Waals surface area contributed by atoms with E-state index in [1.54, 1.807) is 14.2 Å². The Kier molecular flexibility index (Phi) is 20.1. The van der Waals surface area contributed by atoms with E-state index in [1.807, 2.05) is 0 Å². The maximum absolute atomic E-state index is 7.00. The Bertz CT molecular complexity index is 43.7. The van der Waals surface area contributed by atoms with Crippen LogP contribution in [0.3, 0.4) is 0 Å². The van der Waals surface area contributed by atoms with Crippen LogP contribution in [-0.2, 0) is 14.2 Å². The second kappa shape index (κ2) is 16.4. The first kappa shape index (κ1) is 13.4. The first-order valence-corrected chi connectivity index (χ1v) is 3.42. The van der Waals surface area contributed by atoms with Gasteiger partial charge in [-0.3, -0.25) is 0 Å². The summed E-state index contributed by atoms with van der Waals surface area (Å²) in [5.74, 6) is 0. The van der Waals surface area contributed by atoms with Gasteiger partial charge in [-0.25, -0.2) is 0 Å². The fourth-order valence-corrected chi connectivity index (χ4v) is 0.387. The highest BCUT2D eigenvalue weighted by molar-refractivity contribution is 4.28. The smallest absolute Gasteiger partial charge is 0.0701 e. The molecular weight excluding hydrogens is 148 g/mol. The van der Waals surface area contributed by atoms with Gasteiger partial charge in [-0.15, -0.1) is 0 Å². The number of rotatable bonds is 6. The van der Waals surface area contributed by atoms with E-state index in [9.17, 15) is 0 Å². The summed E-state index contributed by atoms with van der Waals surface area (Å²) >= 11 is 0. The van der Waals surface area contributed by atoms with Crippen molar-refractivity contribution in [1.82, 2.24) is 0 Å². The zero-order chi connectivity index (χ0) is 8.95. The highest BCUT2D eigenvalue weighted by Crippen LogP contribution is 1.75. The zero-order valence-electron chi connectivity index (χ0n) is 7.50. The van der Waals surface area contributed by atoms with E-state index in [4.69, 9.17) is 19.3 Å². The van der Waals surface area contributed by atoms with Crippen molar-refractivity contribution in [3.05, 3.63) is 0 Å². The van der Waals surface area contributed by atoms with Crippen molar-refractivity contribution in [2.24, 2.45) is 0 Å². The molecule has 0 spiro atoms. The Balaban J connectivity index is 0. The number of methoxy groups -OCH3 is 2. The predicted octanol–water partition coefficient (Wildman–Crippen LogP) is -0.0957. The summed E-state index contributed by atoms with van der Waals surface area (Å²) in [6.45, 7) is 2.62. The number of hydrogen-bond donors (Lipinski definition) is 1. The molecule has 0 aliphatic carbocycles. The summed E-state index contributed by atoms with van der Waals surface area (Å²) in [6.07, 6.45) is 0. The Hall–Kier alpha value is -0.160. The molecule has 1 N–H and O–H groups in total.